The van der Waals surface area contributed by atoms with E-state index in [0.717, 1.165) is 24.9 Å². The molecule has 1 N–H and O–H groups in total. The van der Waals surface area contributed by atoms with Crippen LogP contribution in [-0.4, -0.2) is 17.6 Å². The maximum absolute atomic E-state index is 12.9. The Kier molecular flexibility index (Phi) is 5.04. The van der Waals surface area contributed by atoms with Crippen molar-refractivity contribution in [2.24, 2.45) is 0 Å². The molecule has 0 spiro atoms. The third-order valence-corrected chi connectivity index (χ3v) is 3.12. The zero-order valence-electron chi connectivity index (χ0n) is 11.1. The second-order valence-corrected chi connectivity index (χ2v) is 4.64. The van der Waals surface area contributed by atoms with Crippen LogP contribution in [0.4, 0.5) is 4.39 Å². The van der Waals surface area contributed by atoms with Crippen LogP contribution in [0.1, 0.15) is 18.1 Å². The quantitative estimate of drug-likeness (QED) is 0.861. The van der Waals surface area contributed by atoms with Crippen LogP contribution in [0.3, 0.4) is 0 Å². The molecular weight excluding hydrogens is 239 g/mol. The molecule has 1 atom stereocenters. The summed E-state index contributed by atoms with van der Waals surface area (Å²) >= 11 is 0. The largest absolute Gasteiger partial charge is 0.314 e. The molecule has 1 aromatic carbocycles. The van der Waals surface area contributed by atoms with Crippen LogP contribution >= 0.6 is 0 Å². The van der Waals surface area contributed by atoms with Gasteiger partial charge in [0.05, 0.1) is 0 Å². The van der Waals surface area contributed by atoms with Crippen LogP contribution < -0.4 is 5.32 Å². The van der Waals surface area contributed by atoms with Crippen molar-refractivity contribution in [1.82, 2.24) is 10.3 Å². The Morgan fingerprint density at radius 1 is 1.00 bits per heavy atom. The molecule has 1 aromatic heterocycles. The Hall–Kier alpha value is -1.74. The van der Waals surface area contributed by atoms with Crippen LogP contribution in [0.5, 0.6) is 0 Å². The van der Waals surface area contributed by atoms with E-state index < -0.39 is 0 Å². The Morgan fingerprint density at radius 2 is 1.58 bits per heavy atom. The van der Waals surface area contributed by atoms with E-state index in [-0.39, 0.29) is 5.82 Å². The minimum absolute atomic E-state index is 0.183. The lowest BCUT2D eigenvalue weighted by Gasteiger charge is -2.18. The van der Waals surface area contributed by atoms with Crippen molar-refractivity contribution in [3.05, 3.63) is 65.7 Å². The molecule has 0 saturated carbocycles. The average molecular weight is 258 g/mol. The number of pyridine rings is 1. The number of benzene rings is 1. The number of hydrogen-bond acceptors (Lipinski definition) is 2. The first kappa shape index (κ1) is 13.7. The highest BCUT2D eigenvalue weighted by molar-refractivity contribution is 5.19. The average Bonchev–Trinajstić information content (AvgIpc) is 2.43. The van der Waals surface area contributed by atoms with Gasteiger partial charge in [0, 0.05) is 18.4 Å². The van der Waals surface area contributed by atoms with Gasteiger partial charge in [-0.3, -0.25) is 4.98 Å². The first-order valence-corrected chi connectivity index (χ1v) is 6.64. The van der Waals surface area contributed by atoms with E-state index in [1.165, 1.54) is 17.7 Å². The third kappa shape index (κ3) is 4.45. The van der Waals surface area contributed by atoms with Gasteiger partial charge in [-0.1, -0.05) is 19.1 Å². The van der Waals surface area contributed by atoms with Gasteiger partial charge in [0.1, 0.15) is 5.82 Å². The Morgan fingerprint density at radius 3 is 2.16 bits per heavy atom. The Labute approximate surface area is 113 Å². The van der Waals surface area contributed by atoms with Crippen LogP contribution in [-0.2, 0) is 12.8 Å². The summed E-state index contributed by atoms with van der Waals surface area (Å²) in [6.45, 7) is 3.03. The molecule has 0 aliphatic carbocycles. The fourth-order valence-electron chi connectivity index (χ4n) is 2.21. The molecule has 19 heavy (non-hydrogen) atoms. The highest BCUT2D eigenvalue weighted by Crippen LogP contribution is 2.10. The summed E-state index contributed by atoms with van der Waals surface area (Å²) in [5.74, 6) is -0.183. The highest BCUT2D eigenvalue weighted by atomic mass is 19.1. The van der Waals surface area contributed by atoms with E-state index in [9.17, 15) is 4.39 Å². The Bertz CT molecular complexity index is 482. The van der Waals surface area contributed by atoms with Gasteiger partial charge in [-0.25, -0.2) is 4.39 Å². The maximum atomic E-state index is 12.9. The monoisotopic (exact) mass is 258 g/mol. The van der Waals surface area contributed by atoms with Crippen LogP contribution in [0, 0.1) is 5.82 Å². The van der Waals surface area contributed by atoms with Crippen molar-refractivity contribution in [1.29, 1.82) is 0 Å². The van der Waals surface area contributed by atoms with Crippen LogP contribution in [0.25, 0.3) is 0 Å². The van der Waals surface area contributed by atoms with E-state index in [4.69, 9.17) is 0 Å². The zero-order valence-corrected chi connectivity index (χ0v) is 11.1. The number of halogens is 1. The molecule has 0 fully saturated rings. The van der Waals surface area contributed by atoms with Gasteiger partial charge in [-0.2, -0.15) is 0 Å². The summed E-state index contributed by atoms with van der Waals surface area (Å²) in [6.07, 6.45) is 5.48. The molecule has 0 bridgehead atoms. The SMILES string of the molecule is CCNC(Cc1ccncc1)Cc1ccc(F)cc1. The molecule has 100 valence electrons. The van der Waals surface area contributed by atoms with E-state index in [2.05, 4.69) is 17.2 Å². The van der Waals surface area contributed by atoms with Crippen molar-refractivity contribution in [3.63, 3.8) is 0 Å². The lowest BCUT2D eigenvalue weighted by molar-refractivity contribution is 0.520. The van der Waals surface area contributed by atoms with E-state index >= 15 is 0 Å². The molecule has 2 nitrogen and oxygen atoms in total. The molecule has 1 heterocycles. The first-order chi connectivity index (χ1) is 9.28. The van der Waals surface area contributed by atoms with Crippen molar-refractivity contribution >= 4 is 0 Å². The van der Waals surface area contributed by atoms with Gasteiger partial charge in [-0.05, 0) is 54.8 Å². The smallest absolute Gasteiger partial charge is 0.123 e. The van der Waals surface area contributed by atoms with Gasteiger partial charge in [-0.15, -0.1) is 0 Å². The number of nitrogens with one attached hydrogen (secondary N) is 1. The van der Waals surface area contributed by atoms with Gasteiger partial charge in [0.15, 0.2) is 0 Å². The molecule has 0 amide bonds. The van der Waals surface area contributed by atoms with Crippen LogP contribution in [0.2, 0.25) is 0 Å². The van der Waals surface area contributed by atoms with Crippen molar-refractivity contribution in [2.75, 3.05) is 6.54 Å². The maximum Gasteiger partial charge on any atom is 0.123 e. The van der Waals surface area contributed by atoms with Gasteiger partial charge >= 0.3 is 0 Å². The van der Waals surface area contributed by atoms with Gasteiger partial charge in [0.25, 0.3) is 0 Å². The molecule has 2 aromatic rings. The van der Waals surface area contributed by atoms with Crippen molar-refractivity contribution < 1.29 is 4.39 Å². The number of aromatic nitrogens is 1. The van der Waals surface area contributed by atoms with Gasteiger partial charge < -0.3 is 5.32 Å². The zero-order chi connectivity index (χ0) is 13.5. The lowest BCUT2D eigenvalue weighted by atomic mass is 9.99. The predicted molar refractivity (Wildman–Crippen MR) is 75.5 cm³/mol. The molecule has 0 saturated heterocycles. The molecule has 1 unspecified atom stereocenters. The summed E-state index contributed by atoms with van der Waals surface area (Å²) in [6, 6.07) is 11.2. The minimum Gasteiger partial charge on any atom is -0.314 e. The summed E-state index contributed by atoms with van der Waals surface area (Å²) < 4.78 is 12.9. The molecule has 2 rings (SSSR count). The summed E-state index contributed by atoms with van der Waals surface area (Å²) in [7, 11) is 0. The lowest BCUT2D eigenvalue weighted by Crippen LogP contribution is -2.33. The Balaban J connectivity index is 2.01. The molecular formula is C16H19FN2. The van der Waals surface area contributed by atoms with Gasteiger partial charge in [0.2, 0.25) is 0 Å². The molecule has 0 aliphatic heterocycles. The fourth-order valence-corrected chi connectivity index (χ4v) is 2.21. The predicted octanol–water partition coefficient (Wildman–Crippen LogP) is 2.98. The second-order valence-electron chi connectivity index (χ2n) is 4.64. The van der Waals surface area contributed by atoms with E-state index in [1.54, 1.807) is 0 Å². The third-order valence-electron chi connectivity index (χ3n) is 3.12. The molecule has 0 radical (unpaired) electrons. The van der Waals surface area contributed by atoms with E-state index in [0.29, 0.717) is 6.04 Å². The number of rotatable bonds is 6. The molecule has 0 aliphatic rings. The highest BCUT2D eigenvalue weighted by Gasteiger charge is 2.09. The summed E-state index contributed by atoms with van der Waals surface area (Å²) in [4.78, 5) is 4.03. The van der Waals surface area contributed by atoms with E-state index in [1.807, 2.05) is 36.7 Å². The first-order valence-electron chi connectivity index (χ1n) is 6.64. The second kappa shape index (κ2) is 7.00. The number of nitrogens with zero attached hydrogens (tertiary/aromatic N) is 1. The number of likely N-dealkylation sites (N-methyl/N-ethyl adjacent to an activating group) is 1. The topological polar surface area (TPSA) is 24.9 Å². The molecule has 3 heteroatoms. The number of hydrogen-bond donors (Lipinski definition) is 1. The normalized spacial score (nSPS) is 12.3. The minimum atomic E-state index is -0.183. The fraction of sp³-hybridized carbons (Fsp3) is 0.312. The summed E-state index contributed by atoms with van der Waals surface area (Å²) in [5.41, 5.74) is 2.42. The summed E-state index contributed by atoms with van der Waals surface area (Å²) in [5, 5.41) is 3.48. The van der Waals surface area contributed by atoms with Crippen molar-refractivity contribution in [3.8, 4) is 0 Å². The van der Waals surface area contributed by atoms with Crippen molar-refractivity contribution in [2.45, 2.75) is 25.8 Å². The van der Waals surface area contributed by atoms with Crippen LogP contribution in [0.15, 0.2) is 48.8 Å². The standard InChI is InChI=1S/C16H19FN2/c1-2-19-16(12-14-7-9-18-10-8-14)11-13-3-5-15(17)6-4-13/h3-10,16,19H,2,11-12H2,1H3.